The summed E-state index contributed by atoms with van der Waals surface area (Å²) in [7, 11) is -3.62. The van der Waals surface area contributed by atoms with Crippen molar-refractivity contribution >= 4 is 21.7 Å². The molecule has 2 aromatic carbocycles. The minimum atomic E-state index is -3.62. The number of anilines is 1. The first-order chi connectivity index (χ1) is 15.2. The van der Waals surface area contributed by atoms with Crippen LogP contribution in [0.1, 0.15) is 25.8 Å². The standard InChI is InChI=1S/C24H31FN2O4S/c1-19(2)16-21(24(28)31-17-20-6-4-3-5-7-20)18-32(29,30)27-14-12-26(13-15-27)23-10-8-22(25)9-11-23/h3-11,19,21H,12-18H2,1-2H3. The Kier molecular flexibility index (Phi) is 8.26. The van der Waals surface area contributed by atoms with E-state index < -0.39 is 21.9 Å². The highest BCUT2D eigenvalue weighted by Gasteiger charge is 2.33. The van der Waals surface area contributed by atoms with E-state index in [-0.39, 0.29) is 24.1 Å². The SMILES string of the molecule is CC(C)CC(CS(=O)(=O)N1CCN(c2ccc(F)cc2)CC1)C(=O)OCc1ccccc1. The van der Waals surface area contributed by atoms with Crippen molar-refractivity contribution in [1.82, 2.24) is 4.31 Å². The van der Waals surface area contributed by atoms with E-state index in [2.05, 4.69) is 0 Å². The highest BCUT2D eigenvalue weighted by molar-refractivity contribution is 7.89. The van der Waals surface area contributed by atoms with E-state index in [4.69, 9.17) is 4.74 Å². The quantitative estimate of drug-likeness (QED) is 0.532. The van der Waals surface area contributed by atoms with Crippen LogP contribution in [0, 0.1) is 17.7 Å². The number of piperazine rings is 1. The number of nitrogens with zero attached hydrogens (tertiary/aromatic N) is 2. The summed E-state index contributed by atoms with van der Waals surface area (Å²) in [5, 5.41) is 0. The molecule has 0 radical (unpaired) electrons. The first kappa shape index (κ1) is 24.2. The minimum absolute atomic E-state index is 0.130. The van der Waals surface area contributed by atoms with Gasteiger partial charge in [-0.3, -0.25) is 4.79 Å². The van der Waals surface area contributed by atoms with Crippen molar-refractivity contribution in [3.63, 3.8) is 0 Å². The van der Waals surface area contributed by atoms with Gasteiger partial charge < -0.3 is 9.64 Å². The number of rotatable bonds is 9. The van der Waals surface area contributed by atoms with Gasteiger partial charge in [0.25, 0.3) is 0 Å². The molecule has 174 valence electrons. The molecule has 0 aliphatic carbocycles. The molecule has 1 heterocycles. The van der Waals surface area contributed by atoms with E-state index in [0.29, 0.717) is 32.6 Å². The summed E-state index contributed by atoms with van der Waals surface area (Å²) in [4.78, 5) is 14.8. The van der Waals surface area contributed by atoms with Gasteiger partial charge in [0.15, 0.2) is 0 Å². The summed E-state index contributed by atoms with van der Waals surface area (Å²) in [5.41, 5.74) is 1.73. The molecule has 3 rings (SSSR count). The summed E-state index contributed by atoms with van der Waals surface area (Å²) >= 11 is 0. The number of ether oxygens (including phenoxy) is 1. The molecular formula is C24H31FN2O4S. The number of esters is 1. The highest BCUT2D eigenvalue weighted by Crippen LogP contribution is 2.22. The van der Waals surface area contributed by atoms with Gasteiger partial charge in [-0.25, -0.2) is 12.8 Å². The average Bonchev–Trinajstić information content (AvgIpc) is 2.78. The number of carbonyl (C=O) groups is 1. The fraction of sp³-hybridized carbons (Fsp3) is 0.458. The second-order valence-electron chi connectivity index (χ2n) is 8.56. The van der Waals surface area contributed by atoms with Crippen LogP contribution in [0.5, 0.6) is 0 Å². The van der Waals surface area contributed by atoms with E-state index in [0.717, 1.165) is 11.3 Å². The van der Waals surface area contributed by atoms with Gasteiger partial charge in [-0.1, -0.05) is 44.2 Å². The molecule has 0 N–H and O–H groups in total. The Balaban J connectivity index is 1.59. The zero-order valence-corrected chi connectivity index (χ0v) is 19.4. The van der Waals surface area contributed by atoms with Crippen LogP contribution in [0.2, 0.25) is 0 Å². The fourth-order valence-corrected chi connectivity index (χ4v) is 5.60. The van der Waals surface area contributed by atoms with Crippen molar-refractivity contribution in [1.29, 1.82) is 0 Å². The predicted molar refractivity (Wildman–Crippen MR) is 123 cm³/mol. The maximum atomic E-state index is 13.2. The van der Waals surface area contributed by atoms with Crippen LogP contribution >= 0.6 is 0 Å². The Morgan fingerprint density at radius 3 is 2.22 bits per heavy atom. The van der Waals surface area contributed by atoms with Gasteiger partial charge in [0.1, 0.15) is 12.4 Å². The lowest BCUT2D eigenvalue weighted by molar-refractivity contribution is -0.149. The third-order valence-electron chi connectivity index (χ3n) is 5.55. The number of hydrogen-bond donors (Lipinski definition) is 0. The van der Waals surface area contributed by atoms with Crippen LogP contribution in [0.3, 0.4) is 0 Å². The first-order valence-corrected chi connectivity index (χ1v) is 12.5. The Labute approximate surface area is 190 Å². The zero-order valence-electron chi connectivity index (χ0n) is 18.6. The lowest BCUT2D eigenvalue weighted by Crippen LogP contribution is -2.50. The average molecular weight is 463 g/mol. The molecule has 0 bridgehead atoms. The molecule has 1 saturated heterocycles. The summed E-state index contributed by atoms with van der Waals surface area (Å²) in [6, 6.07) is 15.5. The summed E-state index contributed by atoms with van der Waals surface area (Å²) in [6.07, 6.45) is 0.447. The molecule has 6 nitrogen and oxygen atoms in total. The number of hydrogen-bond acceptors (Lipinski definition) is 5. The molecular weight excluding hydrogens is 431 g/mol. The number of carbonyl (C=O) groups excluding carboxylic acids is 1. The number of benzene rings is 2. The van der Waals surface area contributed by atoms with Crippen LogP contribution in [-0.2, 0) is 26.2 Å². The zero-order chi connectivity index (χ0) is 23.1. The third kappa shape index (κ3) is 6.77. The van der Waals surface area contributed by atoms with Gasteiger partial charge in [0, 0.05) is 31.9 Å². The van der Waals surface area contributed by atoms with E-state index in [9.17, 15) is 17.6 Å². The second-order valence-corrected chi connectivity index (χ2v) is 10.6. The molecule has 0 amide bonds. The molecule has 1 unspecified atom stereocenters. The monoisotopic (exact) mass is 462 g/mol. The van der Waals surface area contributed by atoms with Gasteiger partial charge in [-0.2, -0.15) is 4.31 Å². The second kappa shape index (κ2) is 10.9. The molecule has 1 aliphatic rings. The van der Waals surface area contributed by atoms with E-state index in [1.807, 2.05) is 49.1 Å². The lowest BCUT2D eigenvalue weighted by atomic mass is 9.99. The molecule has 1 fully saturated rings. The van der Waals surface area contributed by atoms with E-state index >= 15 is 0 Å². The van der Waals surface area contributed by atoms with E-state index in [1.165, 1.54) is 16.4 Å². The molecule has 0 aromatic heterocycles. The Morgan fingerprint density at radius 1 is 1.00 bits per heavy atom. The van der Waals surface area contributed by atoms with Crippen molar-refractivity contribution in [2.45, 2.75) is 26.9 Å². The Bertz CT molecular complexity index is 973. The van der Waals surface area contributed by atoms with Crippen molar-refractivity contribution in [2.75, 3.05) is 36.8 Å². The van der Waals surface area contributed by atoms with E-state index in [1.54, 1.807) is 12.1 Å². The largest absolute Gasteiger partial charge is 0.461 e. The van der Waals surface area contributed by atoms with Crippen molar-refractivity contribution in [2.24, 2.45) is 11.8 Å². The molecule has 0 saturated carbocycles. The summed E-state index contributed by atoms with van der Waals surface area (Å²) < 4.78 is 46.2. The Hall–Kier alpha value is -2.45. The van der Waals surface area contributed by atoms with Crippen LogP contribution in [0.25, 0.3) is 0 Å². The lowest BCUT2D eigenvalue weighted by Gasteiger charge is -2.36. The Morgan fingerprint density at radius 2 is 1.62 bits per heavy atom. The number of sulfonamides is 1. The van der Waals surface area contributed by atoms with Crippen LogP contribution in [0.15, 0.2) is 54.6 Å². The highest BCUT2D eigenvalue weighted by atomic mass is 32.2. The summed E-state index contributed by atoms with van der Waals surface area (Å²) in [6.45, 7) is 5.73. The molecule has 1 atom stereocenters. The number of halogens is 1. The smallest absolute Gasteiger partial charge is 0.310 e. The van der Waals surface area contributed by atoms with Gasteiger partial charge in [-0.05, 0) is 42.2 Å². The van der Waals surface area contributed by atoms with Crippen molar-refractivity contribution in [3.8, 4) is 0 Å². The van der Waals surface area contributed by atoms with Crippen molar-refractivity contribution in [3.05, 3.63) is 66.0 Å². The predicted octanol–water partition coefficient (Wildman–Crippen LogP) is 3.68. The van der Waals surface area contributed by atoms with Crippen molar-refractivity contribution < 1.29 is 22.3 Å². The van der Waals surface area contributed by atoms with Gasteiger partial charge >= 0.3 is 5.97 Å². The van der Waals surface area contributed by atoms with Gasteiger partial charge in [0.2, 0.25) is 10.0 Å². The van der Waals surface area contributed by atoms with Crippen LogP contribution in [0.4, 0.5) is 10.1 Å². The van der Waals surface area contributed by atoms with Crippen LogP contribution in [-0.4, -0.2) is 50.6 Å². The molecule has 8 heteroatoms. The van der Waals surface area contributed by atoms with Crippen LogP contribution < -0.4 is 4.90 Å². The summed E-state index contributed by atoms with van der Waals surface area (Å²) in [5.74, 6) is -1.58. The molecule has 0 spiro atoms. The normalized spacial score (nSPS) is 16.2. The first-order valence-electron chi connectivity index (χ1n) is 10.9. The molecule has 32 heavy (non-hydrogen) atoms. The fourth-order valence-electron chi connectivity index (χ4n) is 3.88. The maximum Gasteiger partial charge on any atom is 0.310 e. The third-order valence-corrected chi connectivity index (χ3v) is 7.52. The minimum Gasteiger partial charge on any atom is -0.461 e. The maximum absolute atomic E-state index is 13.2. The topological polar surface area (TPSA) is 66.9 Å². The van der Waals surface area contributed by atoms with Gasteiger partial charge in [0.05, 0.1) is 11.7 Å². The molecule has 1 aliphatic heterocycles. The molecule has 2 aromatic rings. The van der Waals surface area contributed by atoms with Gasteiger partial charge in [-0.15, -0.1) is 0 Å².